The molecule has 1 saturated carbocycles. The van der Waals surface area contributed by atoms with E-state index in [2.05, 4.69) is 5.32 Å². The summed E-state index contributed by atoms with van der Waals surface area (Å²) in [6.45, 7) is 0.538. The molecule has 0 bridgehead atoms. The average molecular weight is 365 g/mol. The highest BCUT2D eigenvalue weighted by atomic mass is 35.5. The second-order valence-corrected chi connectivity index (χ2v) is 7.14. The molecule has 0 spiro atoms. The SMILES string of the molecule is O=C(O)C1CCC(C(=O)NC2CCN(c3cccc(Cl)c3)C2=O)CC1. The first-order valence-corrected chi connectivity index (χ1v) is 8.93. The predicted octanol–water partition coefficient (Wildman–Crippen LogP) is 2.45. The van der Waals surface area contributed by atoms with E-state index < -0.39 is 12.0 Å². The zero-order chi connectivity index (χ0) is 18.0. The minimum absolute atomic E-state index is 0.130. The van der Waals surface area contributed by atoms with E-state index in [1.54, 1.807) is 23.1 Å². The lowest BCUT2D eigenvalue weighted by molar-refractivity contribution is -0.144. The van der Waals surface area contributed by atoms with Crippen LogP contribution in [0.5, 0.6) is 0 Å². The predicted molar refractivity (Wildman–Crippen MR) is 93.4 cm³/mol. The molecule has 1 unspecified atom stereocenters. The van der Waals surface area contributed by atoms with Crippen LogP contribution in [-0.4, -0.2) is 35.5 Å². The molecule has 1 saturated heterocycles. The van der Waals surface area contributed by atoms with Crippen molar-refractivity contribution < 1.29 is 19.5 Å². The second-order valence-electron chi connectivity index (χ2n) is 6.71. The van der Waals surface area contributed by atoms with Gasteiger partial charge in [0.25, 0.3) is 0 Å². The molecule has 0 radical (unpaired) electrons. The summed E-state index contributed by atoms with van der Waals surface area (Å²) in [5.74, 6) is -1.62. The van der Waals surface area contributed by atoms with E-state index in [4.69, 9.17) is 16.7 Å². The van der Waals surface area contributed by atoms with Crippen molar-refractivity contribution in [3.05, 3.63) is 29.3 Å². The molecule has 1 aromatic rings. The lowest BCUT2D eigenvalue weighted by Crippen LogP contribution is -2.44. The number of amides is 2. The van der Waals surface area contributed by atoms with Gasteiger partial charge in [0.1, 0.15) is 6.04 Å². The molecular weight excluding hydrogens is 344 g/mol. The molecule has 1 aromatic carbocycles. The van der Waals surface area contributed by atoms with Gasteiger partial charge in [0.2, 0.25) is 11.8 Å². The largest absolute Gasteiger partial charge is 0.481 e. The number of rotatable bonds is 4. The van der Waals surface area contributed by atoms with E-state index in [0.29, 0.717) is 43.7 Å². The van der Waals surface area contributed by atoms with Crippen molar-refractivity contribution in [3.8, 4) is 0 Å². The number of carbonyl (C=O) groups excluding carboxylic acids is 2. The molecule has 2 amide bonds. The molecule has 1 atom stereocenters. The first-order valence-electron chi connectivity index (χ1n) is 8.56. The minimum atomic E-state index is -0.790. The number of carboxylic acids is 1. The number of hydrogen-bond acceptors (Lipinski definition) is 3. The van der Waals surface area contributed by atoms with Gasteiger partial charge in [-0.1, -0.05) is 17.7 Å². The number of benzene rings is 1. The summed E-state index contributed by atoms with van der Waals surface area (Å²) >= 11 is 5.98. The van der Waals surface area contributed by atoms with E-state index in [-0.39, 0.29) is 23.7 Å². The van der Waals surface area contributed by atoms with E-state index in [1.807, 2.05) is 6.07 Å². The summed E-state index contributed by atoms with van der Waals surface area (Å²) < 4.78 is 0. The molecule has 6 nitrogen and oxygen atoms in total. The maximum absolute atomic E-state index is 12.6. The van der Waals surface area contributed by atoms with Gasteiger partial charge in [-0.3, -0.25) is 14.4 Å². The van der Waals surface area contributed by atoms with Gasteiger partial charge in [0.15, 0.2) is 0 Å². The molecule has 2 N–H and O–H groups in total. The molecule has 25 heavy (non-hydrogen) atoms. The molecule has 2 aliphatic rings. The van der Waals surface area contributed by atoms with Gasteiger partial charge in [-0.15, -0.1) is 0 Å². The Labute approximate surface area is 151 Å². The normalized spacial score (nSPS) is 26.5. The van der Waals surface area contributed by atoms with Gasteiger partial charge < -0.3 is 15.3 Å². The third-order valence-electron chi connectivity index (χ3n) is 5.09. The van der Waals surface area contributed by atoms with Crippen LogP contribution in [0, 0.1) is 11.8 Å². The standard InChI is InChI=1S/C18H21ClN2O4/c19-13-2-1-3-14(10-13)21-9-8-15(17(21)23)20-16(22)11-4-6-12(7-5-11)18(24)25/h1-3,10-12,15H,4-9H2,(H,20,22)(H,24,25). The fourth-order valence-electron chi connectivity index (χ4n) is 3.61. The Morgan fingerprint density at radius 3 is 2.44 bits per heavy atom. The van der Waals surface area contributed by atoms with E-state index >= 15 is 0 Å². The van der Waals surface area contributed by atoms with Gasteiger partial charge in [0.05, 0.1) is 5.92 Å². The highest BCUT2D eigenvalue weighted by molar-refractivity contribution is 6.31. The summed E-state index contributed by atoms with van der Waals surface area (Å²) in [5, 5.41) is 12.4. The molecule has 1 heterocycles. The average Bonchev–Trinajstić information content (AvgIpc) is 2.95. The molecular formula is C18H21ClN2O4. The van der Waals surface area contributed by atoms with E-state index in [1.165, 1.54) is 0 Å². The number of anilines is 1. The summed E-state index contributed by atoms with van der Waals surface area (Å²) in [4.78, 5) is 37.6. The molecule has 7 heteroatoms. The highest BCUT2D eigenvalue weighted by Gasteiger charge is 2.36. The summed E-state index contributed by atoms with van der Waals surface area (Å²) in [6, 6.07) is 6.57. The Balaban J connectivity index is 1.56. The van der Waals surface area contributed by atoms with Crippen molar-refractivity contribution in [1.29, 1.82) is 0 Å². The first kappa shape index (κ1) is 17.7. The van der Waals surface area contributed by atoms with Crippen LogP contribution in [0.3, 0.4) is 0 Å². The Kier molecular flexibility index (Phi) is 5.27. The van der Waals surface area contributed by atoms with Crippen molar-refractivity contribution in [2.45, 2.75) is 38.1 Å². The van der Waals surface area contributed by atoms with E-state index in [0.717, 1.165) is 5.69 Å². The number of carbonyl (C=O) groups is 3. The lowest BCUT2D eigenvalue weighted by atomic mass is 9.81. The monoisotopic (exact) mass is 364 g/mol. The van der Waals surface area contributed by atoms with Crippen LogP contribution in [0.15, 0.2) is 24.3 Å². The van der Waals surface area contributed by atoms with Crippen LogP contribution < -0.4 is 10.2 Å². The molecule has 3 rings (SSSR count). The topological polar surface area (TPSA) is 86.7 Å². The van der Waals surface area contributed by atoms with Crippen molar-refractivity contribution in [1.82, 2.24) is 5.32 Å². The minimum Gasteiger partial charge on any atom is -0.481 e. The summed E-state index contributed by atoms with van der Waals surface area (Å²) in [5.41, 5.74) is 0.733. The van der Waals surface area contributed by atoms with Crippen molar-refractivity contribution in [2.24, 2.45) is 11.8 Å². The Hall–Kier alpha value is -2.08. The fraction of sp³-hybridized carbons (Fsp3) is 0.500. The number of aliphatic carboxylic acids is 1. The number of nitrogens with one attached hydrogen (secondary N) is 1. The van der Waals surface area contributed by atoms with Crippen LogP contribution in [0.25, 0.3) is 0 Å². The second kappa shape index (κ2) is 7.44. The van der Waals surface area contributed by atoms with Crippen LogP contribution in [-0.2, 0) is 14.4 Å². The molecule has 2 fully saturated rings. The van der Waals surface area contributed by atoms with Crippen LogP contribution in [0.1, 0.15) is 32.1 Å². The van der Waals surface area contributed by atoms with Crippen LogP contribution >= 0.6 is 11.6 Å². The third kappa shape index (κ3) is 3.95. The quantitative estimate of drug-likeness (QED) is 0.859. The molecule has 1 aliphatic heterocycles. The third-order valence-corrected chi connectivity index (χ3v) is 5.32. The van der Waals surface area contributed by atoms with Gasteiger partial charge in [-0.05, 0) is 50.3 Å². The van der Waals surface area contributed by atoms with Crippen molar-refractivity contribution in [2.75, 3.05) is 11.4 Å². The van der Waals surface area contributed by atoms with E-state index in [9.17, 15) is 14.4 Å². The Morgan fingerprint density at radius 2 is 1.80 bits per heavy atom. The van der Waals surface area contributed by atoms with Crippen LogP contribution in [0.4, 0.5) is 5.69 Å². The fourth-order valence-corrected chi connectivity index (χ4v) is 3.79. The Bertz CT molecular complexity index is 685. The van der Waals surface area contributed by atoms with Gasteiger partial charge >= 0.3 is 5.97 Å². The Morgan fingerprint density at radius 1 is 1.12 bits per heavy atom. The number of nitrogens with zero attached hydrogens (tertiary/aromatic N) is 1. The van der Waals surface area contributed by atoms with Crippen molar-refractivity contribution in [3.63, 3.8) is 0 Å². The van der Waals surface area contributed by atoms with Gasteiger partial charge in [-0.25, -0.2) is 0 Å². The molecule has 0 aromatic heterocycles. The maximum Gasteiger partial charge on any atom is 0.306 e. The van der Waals surface area contributed by atoms with Crippen molar-refractivity contribution >= 4 is 35.1 Å². The highest BCUT2D eigenvalue weighted by Crippen LogP contribution is 2.30. The summed E-state index contributed by atoms with van der Waals surface area (Å²) in [6.07, 6.45) is 2.70. The van der Waals surface area contributed by atoms with Crippen LogP contribution in [0.2, 0.25) is 5.02 Å². The number of halogens is 1. The molecule has 134 valence electrons. The maximum atomic E-state index is 12.6. The van der Waals surface area contributed by atoms with Gasteiger partial charge in [0, 0.05) is 23.2 Å². The smallest absolute Gasteiger partial charge is 0.306 e. The van der Waals surface area contributed by atoms with Gasteiger partial charge in [-0.2, -0.15) is 0 Å². The number of carboxylic acid groups (broad SMARTS) is 1. The summed E-state index contributed by atoms with van der Waals surface area (Å²) in [7, 11) is 0. The number of hydrogen-bond donors (Lipinski definition) is 2. The first-order chi connectivity index (χ1) is 12.0. The zero-order valence-corrected chi connectivity index (χ0v) is 14.5. The lowest BCUT2D eigenvalue weighted by Gasteiger charge is -2.26. The molecule has 1 aliphatic carbocycles. The zero-order valence-electron chi connectivity index (χ0n) is 13.8.